The van der Waals surface area contributed by atoms with Gasteiger partial charge in [-0.2, -0.15) is 0 Å². The molecule has 136 valence electrons. The first-order valence-corrected chi connectivity index (χ1v) is 9.08. The van der Waals surface area contributed by atoms with Crippen LogP contribution in [-0.4, -0.2) is 16.8 Å². The van der Waals surface area contributed by atoms with E-state index in [1.807, 2.05) is 41.3 Å². The van der Waals surface area contributed by atoms with Crippen molar-refractivity contribution >= 4 is 17.3 Å². The molecule has 1 amide bonds. The smallest absolute Gasteiger partial charge is 0.228 e. The van der Waals surface area contributed by atoms with Crippen LogP contribution in [0.2, 0.25) is 0 Å². The van der Waals surface area contributed by atoms with Gasteiger partial charge in [-0.15, -0.1) is 0 Å². The van der Waals surface area contributed by atoms with Crippen LogP contribution >= 0.6 is 0 Å². The fraction of sp³-hybridized carbons (Fsp3) is 0.364. The zero-order chi connectivity index (χ0) is 18.9. The van der Waals surface area contributed by atoms with Crippen molar-refractivity contribution in [2.45, 2.75) is 52.5 Å². The van der Waals surface area contributed by atoms with Crippen LogP contribution in [0.3, 0.4) is 0 Å². The number of fused-ring (bicyclic) bond motifs is 1. The Balaban J connectivity index is 2.17. The van der Waals surface area contributed by atoms with Crippen LogP contribution in [0, 0.1) is 0 Å². The van der Waals surface area contributed by atoms with Gasteiger partial charge in [0, 0.05) is 23.1 Å². The van der Waals surface area contributed by atoms with E-state index in [1.165, 1.54) is 5.56 Å². The van der Waals surface area contributed by atoms with Crippen LogP contribution in [0.15, 0.2) is 47.6 Å². The first-order chi connectivity index (χ1) is 12.4. The summed E-state index contributed by atoms with van der Waals surface area (Å²) in [6, 6.07) is 14.2. The number of oxime groups is 1. The van der Waals surface area contributed by atoms with Gasteiger partial charge in [-0.25, -0.2) is 0 Å². The highest BCUT2D eigenvalue weighted by Gasteiger charge is 2.37. The second-order valence-corrected chi connectivity index (χ2v) is 7.59. The predicted molar refractivity (Wildman–Crippen MR) is 105 cm³/mol. The minimum Gasteiger partial charge on any atom is -0.411 e. The number of benzene rings is 2. The van der Waals surface area contributed by atoms with Crippen molar-refractivity contribution in [1.82, 2.24) is 0 Å². The standard InChI is InChI=1S/C22H26N2O2/c1-5-17-11-19-20(12-18(17)15(2)23-26)24(21(25)13-22(19,3)4)14-16-9-7-6-8-10-16/h6-12,26H,5,13-14H2,1-4H3/b23-15+. The second-order valence-electron chi connectivity index (χ2n) is 7.59. The first-order valence-electron chi connectivity index (χ1n) is 9.08. The number of carbonyl (C=O) groups is 1. The fourth-order valence-electron chi connectivity index (χ4n) is 3.72. The number of hydrogen-bond acceptors (Lipinski definition) is 3. The van der Waals surface area contributed by atoms with Crippen molar-refractivity contribution in [3.05, 3.63) is 64.7 Å². The lowest BCUT2D eigenvalue weighted by Gasteiger charge is -2.39. The van der Waals surface area contributed by atoms with E-state index in [1.54, 1.807) is 6.92 Å². The predicted octanol–water partition coefficient (Wildman–Crippen LogP) is 4.66. The molecule has 0 fully saturated rings. The Bertz CT molecular complexity index is 854. The molecule has 1 N–H and O–H groups in total. The Morgan fingerprint density at radius 2 is 1.92 bits per heavy atom. The summed E-state index contributed by atoms with van der Waals surface area (Å²) >= 11 is 0. The lowest BCUT2D eigenvalue weighted by Crippen LogP contribution is -2.41. The van der Waals surface area contributed by atoms with Crippen LogP contribution in [0.25, 0.3) is 0 Å². The third-order valence-corrected chi connectivity index (χ3v) is 5.24. The van der Waals surface area contributed by atoms with E-state index in [2.05, 4.69) is 32.0 Å². The topological polar surface area (TPSA) is 52.9 Å². The average Bonchev–Trinajstić information content (AvgIpc) is 2.64. The van der Waals surface area contributed by atoms with Crippen molar-refractivity contribution in [1.29, 1.82) is 0 Å². The monoisotopic (exact) mass is 350 g/mol. The number of anilines is 1. The zero-order valence-electron chi connectivity index (χ0n) is 15.9. The van der Waals surface area contributed by atoms with Gasteiger partial charge in [0.05, 0.1) is 12.3 Å². The third kappa shape index (κ3) is 3.24. The van der Waals surface area contributed by atoms with E-state index >= 15 is 0 Å². The molecule has 0 unspecified atom stereocenters. The van der Waals surface area contributed by atoms with E-state index in [4.69, 9.17) is 0 Å². The number of amides is 1. The molecule has 0 saturated carbocycles. The maximum absolute atomic E-state index is 12.9. The highest BCUT2D eigenvalue weighted by Crippen LogP contribution is 2.42. The van der Waals surface area contributed by atoms with Crippen LogP contribution in [0.5, 0.6) is 0 Å². The molecule has 1 heterocycles. The average molecular weight is 350 g/mol. The normalized spacial score (nSPS) is 16.5. The van der Waals surface area contributed by atoms with Crippen molar-refractivity contribution in [3.63, 3.8) is 0 Å². The van der Waals surface area contributed by atoms with E-state index in [0.29, 0.717) is 18.7 Å². The molecule has 1 aliphatic heterocycles. The lowest BCUT2D eigenvalue weighted by atomic mass is 9.75. The minimum atomic E-state index is -0.216. The molecular formula is C22H26N2O2. The Kier molecular flexibility index (Phi) is 4.86. The van der Waals surface area contributed by atoms with Crippen molar-refractivity contribution in [3.8, 4) is 0 Å². The van der Waals surface area contributed by atoms with Crippen molar-refractivity contribution < 1.29 is 10.0 Å². The van der Waals surface area contributed by atoms with Crippen LogP contribution < -0.4 is 4.90 Å². The van der Waals surface area contributed by atoms with Gasteiger partial charge in [0.25, 0.3) is 0 Å². The summed E-state index contributed by atoms with van der Waals surface area (Å²) in [4.78, 5) is 14.8. The molecule has 0 saturated heterocycles. The maximum atomic E-state index is 12.9. The largest absolute Gasteiger partial charge is 0.411 e. The molecule has 0 spiro atoms. The summed E-state index contributed by atoms with van der Waals surface area (Å²) in [5, 5.41) is 12.7. The number of nitrogens with zero attached hydrogens (tertiary/aromatic N) is 2. The minimum absolute atomic E-state index is 0.125. The summed E-state index contributed by atoms with van der Waals surface area (Å²) in [6.45, 7) is 8.67. The summed E-state index contributed by atoms with van der Waals surface area (Å²) < 4.78 is 0. The molecule has 0 radical (unpaired) electrons. The molecule has 0 atom stereocenters. The quantitative estimate of drug-likeness (QED) is 0.495. The van der Waals surface area contributed by atoms with Crippen molar-refractivity contribution in [2.75, 3.05) is 4.90 Å². The Morgan fingerprint density at radius 3 is 2.54 bits per heavy atom. The Labute approximate surface area is 155 Å². The molecule has 0 bridgehead atoms. The molecular weight excluding hydrogens is 324 g/mol. The molecule has 3 rings (SSSR count). The molecule has 26 heavy (non-hydrogen) atoms. The molecule has 4 heteroatoms. The summed E-state index contributed by atoms with van der Waals surface area (Å²) in [6.07, 6.45) is 1.33. The number of carbonyl (C=O) groups excluding carboxylic acids is 1. The zero-order valence-corrected chi connectivity index (χ0v) is 15.9. The second kappa shape index (κ2) is 6.94. The molecule has 1 aliphatic rings. The van der Waals surface area contributed by atoms with Gasteiger partial charge >= 0.3 is 0 Å². The lowest BCUT2D eigenvalue weighted by molar-refractivity contribution is -0.120. The van der Waals surface area contributed by atoms with Gasteiger partial charge in [0.2, 0.25) is 5.91 Å². The van der Waals surface area contributed by atoms with Crippen LogP contribution in [0.4, 0.5) is 5.69 Å². The van der Waals surface area contributed by atoms with Gasteiger partial charge in [-0.1, -0.05) is 62.3 Å². The molecule has 2 aromatic carbocycles. The fourth-order valence-corrected chi connectivity index (χ4v) is 3.72. The van der Waals surface area contributed by atoms with E-state index < -0.39 is 0 Å². The summed E-state index contributed by atoms with van der Waals surface area (Å²) in [5.74, 6) is 0.125. The van der Waals surface area contributed by atoms with Gasteiger partial charge in [0.1, 0.15) is 0 Å². The first kappa shape index (κ1) is 18.2. The van der Waals surface area contributed by atoms with E-state index in [0.717, 1.165) is 28.8 Å². The maximum Gasteiger partial charge on any atom is 0.228 e. The van der Waals surface area contributed by atoms with Crippen LogP contribution in [0.1, 0.15) is 56.4 Å². The molecule has 0 aromatic heterocycles. The number of hydrogen-bond donors (Lipinski definition) is 1. The van der Waals surface area contributed by atoms with Gasteiger partial charge in [-0.05, 0) is 36.1 Å². The Morgan fingerprint density at radius 1 is 1.23 bits per heavy atom. The highest BCUT2D eigenvalue weighted by molar-refractivity contribution is 6.03. The van der Waals surface area contributed by atoms with E-state index in [-0.39, 0.29) is 11.3 Å². The molecule has 2 aromatic rings. The third-order valence-electron chi connectivity index (χ3n) is 5.24. The molecule has 0 aliphatic carbocycles. The van der Waals surface area contributed by atoms with Gasteiger partial charge < -0.3 is 10.1 Å². The Hall–Kier alpha value is -2.62. The van der Waals surface area contributed by atoms with E-state index in [9.17, 15) is 10.0 Å². The van der Waals surface area contributed by atoms with Crippen LogP contribution in [-0.2, 0) is 23.2 Å². The van der Waals surface area contributed by atoms with Crippen molar-refractivity contribution in [2.24, 2.45) is 5.16 Å². The number of rotatable bonds is 4. The molecule has 4 nitrogen and oxygen atoms in total. The van der Waals surface area contributed by atoms with Gasteiger partial charge in [-0.3, -0.25) is 4.79 Å². The SMILES string of the molecule is CCc1cc2c(cc1/C(C)=N/O)N(Cc1ccccc1)C(=O)CC2(C)C. The van der Waals surface area contributed by atoms with Gasteiger partial charge in [0.15, 0.2) is 0 Å². The summed E-state index contributed by atoms with van der Waals surface area (Å²) in [5.41, 5.74) is 5.59. The highest BCUT2D eigenvalue weighted by atomic mass is 16.4. The number of aryl methyl sites for hydroxylation is 1. The summed E-state index contributed by atoms with van der Waals surface area (Å²) in [7, 11) is 0.